The molecule has 0 saturated heterocycles. The molecule has 0 amide bonds. The Morgan fingerprint density at radius 1 is 1.47 bits per heavy atom. The van der Waals surface area contributed by atoms with Gasteiger partial charge < -0.3 is 14.8 Å². The van der Waals surface area contributed by atoms with Crippen molar-refractivity contribution in [3.63, 3.8) is 0 Å². The second-order valence-electron chi connectivity index (χ2n) is 3.67. The molecule has 0 fully saturated rings. The summed E-state index contributed by atoms with van der Waals surface area (Å²) in [7, 11) is 1.72. The first-order valence-electron chi connectivity index (χ1n) is 5.36. The van der Waals surface area contributed by atoms with Crippen LogP contribution in [-0.2, 0) is 4.74 Å². The lowest BCUT2D eigenvalue weighted by Gasteiger charge is -2.26. The Balaban J connectivity index is 2.02. The van der Waals surface area contributed by atoms with Gasteiger partial charge in [-0.15, -0.1) is 0 Å². The van der Waals surface area contributed by atoms with Crippen LogP contribution in [0.3, 0.4) is 0 Å². The van der Waals surface area contributed by atoms with E-state index in [4.69, 9.17) is 9.47 Å². The van der Waals surface area contributed by atoms with Crippen LogP contribution in [0.5, 0.6) is 5.75 Å². The number of fused-ring (bicyclic) bond motifs is 1. The molecule has 1 heterocycles. The molecule has 2 rings (SSSR count). The van der Waals surface area contributed by atoms with E-state index in [0.29, 0.717) is 6.04 Å². The van der Waals surface area contributed by atoms with Crippen molar-refractivity contribution in [2.24, 2.45) is 0 Å². The van der Waals surface area contributed by atoms with Crippen molar-refractivity contribution in [2.45, 2.75) is 12.5 Å². The van der Waals surface area contributed by atoms with E-state index in [9.17, 15) is 0 Å². The minimum absolute atomic E-state index is 0.407. The fraction of sp³-hybridized carbons (Fsp3) is 0.500. The first-order valence-corrected chi connectivity index (χ1v) is 5.36. The topological polar surface area (TPSA) is 30.5 Å². The first kappa shape index (κ1) is 10.5. The molecule has 1 atom stereocenters. The Bertz CT molecular complexity index is 314. The number of ether oxygens (including phenoxy) is 2. The van der Waals surface area contributed by atoms with Gasteiger partial charge in [0.05, 0.1) is 13.2 Å². The minimum Gasteiger partial charge on any atom is -0.493 e. The lowest BCUT2D eigenvalue weighted by Crippen LogP contribution is -2.29. The van der Waals surface area contributed by atoms with Crippen LogP contribution >= 0.6 is 0 Å². The monoisotopic (exact) mass is 207 g/mol. The van der Waals surface area contributed by atoms with Crippen molar-refractivity contribution < 1.29 is 9.47 Å². The Morgan fingerprint density at radius 3 is 3.20 bits per heavy atom. The summed E-state index contributed by atoms with van der Waals surface area (Å²) in [5.41, 5.74) is 1.26. The van der Waals surface area contributed by atoms with E-state index in [1.807, 2.05) is 12.1 Å². The van der Waals surface area contributed by atoms with E-state index >= 15 is 0 Å². The van der Waals surface area contributed by atoms with Crippen molar-refractivity contribution in [3.05, 3.63) is 29.8 Å². The zero-order valence-corrected chi connectivity index (χ0v) is 9.03. The Morgan fingerprint density at radius 2 is 2.33 bits per heavy atom. The van der Waals surface area contributed by atoms with E-state index in [1.54, 1.807) is 7.11 Å². The van der Waals surface area contributed by atoms with Gasteiger partial charge >= 0.3 is 0 Å². The van der Waals surface area contributed by atoms with Crippen LogP contribution in [0.4, 0.5) is 0 Å². The number of methoxy groups -OCH3 is 1. The van der Waals surface area contributed by atoms with E-state index in [2.05, 4.69) is 17.4 Å². The quantitative estimate of drug-likeness (QED) is 0.763. The molecule has 3 nitrogen and oxygen atoms in total. The molecule has 0 bridgehead atoms. The third-order valence-corrected chi connectivity index (χ3v) is 2.66. The summed E-state index contributed by atoms with van der Waals surface area (Å²) in [5, 5.41) is 3.47. The third-order valence-electron chi connectivity index (χ3n) is 2.66. The average Bonchev–Trinajstić information content (AvgIpc) is 2.30. The highest BCUT2D eigenvalue weighted by atomic mass is 16.5. The summed E-state index contributed by atoms with van der Waals surface area (Å²) in [6.45, 7) is 2.43. The van der Waals surface area contributed by atoms with Crippen molar-refractivity contribution in [2.75, 3.05) is 26.9 Å². The van der Waals surface area contributed by atoms with Gasteiger partial charge in [-0.05, 0) is 6.07 Å². The van der Waals surface area contributed by atoms with E-state index in [-0.39, 0.29) is 0 Å². The number of rotatable bonds is 4. The normalized spacial score (nSPS) is 19.4. The van der Waals surface area contributed by atoms with Crippen molar-refractivity contribution in [3.8, 4) is 5.75 Å². The van der Waals surface area contributed by atoms with Gasteiger partial charge in [0.15, 0.2) is 0 Å². The number of hydrogen-bond donors (Lipinski definition) is 1. The summed E-state index contributed by atoms with van der Waals surface area (Å²) in [6, 6.07) is 8.62. The van der Waals surface area contributed by atoms with Crippen LogP contribution in [0.1, 0.15) is 18.0 Å². The number of nitrogens with one attached hydrogen (secondary N) is 1. The van der Waals surface area contributed by atoms with Crippen LogP contribution in [0.25, 0.3) is 0 Å². The second kappa shape index (κ2) is 5.14. The highest BCUT2D eigenvalue weighted by Crippen LogP contribution is 2.31. The largest absolute Gasteiger partial charge is 0.493 e. The van der Waals surface area contributed by atoms with Gasteiger partial charge in [0.2, 0.25) is 0 Å². The maximum atomic E-state index is 5.59. The highest BCUT2D eigenvalue weighted by molar-refractivity contribution is 5.37. The van der Waals surface area contributed by atoms with Gasteiger partial charge in [0.1, 0.15) is 5.75 Å². The van der Waals surface area contributed by atoms with Crippen molar-refractivity contribution in [1.29, 1.82) is 0 Å². The molecule has 1 N–H and O–H groups in total. The standard InChI is InChI=1S/C12H17NO2/c1-14-9-7-13-11-6-8-15-12-5-3-2-4-10(11)12/h2-5,11,13H,6-9H2,1H3. The summed E-state index contributed by atoms with van der Waals surface area (Å²) >= 11 is 0. The molecule has 3 heteroatoms. The van der Waals surface area contributed by atoms with Crippen LogP contribution in [0.2, 0.25) is 0 Å². The molecule has 1 aliphatic heterocycles. The second-order valence-corrected chi connectivity index (χ2v) is 3.67. The molecule has 0 saturated carbocycles. The van der Waals surface area contributed by atoms with Gasteiger partial charge in [-0.1, -0.05) is 18.2 Å². The first-order chi connectivity index (χ1) is 7.42. The predicted molar refractivity (Wildman–Crippen MR) is 59.2 cm³/mol. The van der Waals surface area contributed by atoms with Crippen molar-refractivity contribution in [1.82, 2.24) is 5.32 Å². The van der Waals surface area contributed by atoms with Crippen LogP contribution in [-0.4, -0.2) is 26.9 Å². The van der Waals surface area contributed by atoms with E-state index in [0.717, 1.165) is 31.9 Å². The molecule has 1 aliphatic rings. The summed E-state index contributed by atoms with van der Waals surface area (Å²) in [6.07, 6.45) is 1.03. The fourth-order valence-corrected chi connectivity index (χ4v) is 1.89. The molecule has 0 spiro atoms. The SMILES string of the molecule is COCCNC1CCOc2ccccc21. The molecule has 0 radical (unpaired) electrons. The smallest absolute Gasteiger partial charge is 0.124 e. The van der Waals surface area contributed by atoms with Crippen LogP contribution < -0.4 is 10.1 Å². The molecule has 0 aliphatic carbocycles. The van der Waals surface area contributed by atoms with Gasteiger partial charge in [-0.2, -0.15) is 0 Å². The summed E-state index contributed by atoms with van der Waals surface area (Å²) in [4.78, 5) is 0. The molecular formula is C12H17NO2. The lowest BCUT2D eigenvalue weighted by molar-refractivity contribution is 0.188. The molecule has 15 heavy (non-hydrogen) atoms. The van der Waals surface area contributed by atoms with Crippen LogP contribution in [0, 0.1) is 0 Å². The summed E-state index contributed by atoms with van der Waals surface area (Å²) < 4.78 is 10.6. The van der Waals surface area contributed by atoms with Gasteiger partial charge in [-0.25, -0.2) is 0 Å². The molecule has 1 aromatic rings. The number of hydrogen-bond acceptors (Lipinski definition) is 3. The van der Waals surface area contributed by atoms with E-state index < -0.39 is 0 Å². The van der Waals surface area contributed by atoms with E-state index in [1.165, 1.54) is 5.56 Å². The molecule has 1 aromatic carbocycles. The predicted octanol–water partition coefficient (Wildman–Crippen LogP) is 1.75. The Kier molecular flexibility index (Phi) is 3.59. The van der Waals surface area contributed by atoms with Crippen molar-refractivity contribution >= 4 is 0 Å². The maximum Gasteiger partial charge on any atom is 0.124 e. The minimum atomic E-state index is 0.407. The summed E-state index contributed by atoms with van der Waals surface area (Å²) in [5.74, 6) is 1.01. The fourth-order valence-electron chi connectivity index (χ4n) is 1.89. The molecule has 0 aromatic heterocycles. The molecule has 82 valence electrons. The lowest BCUT2D eigenvalue weighted by atomic mass is 10.0. The highest BCUT2D eigenvalue weighted by Gasteiger charge is 2.19. The number of benzene rings is 1. The zero-order chi connectivity index (χ0) is 10.5. The Labute approximate surface area is 90.4 Å². The number of para-hydroxylation sites is 1. The zero-order valence-electron chi connectivity index (χ0n) is 9.03. The molecular weight excluding hydrogens is 190 g/mol. The molecule has 1 unspecified atom stereocenters. The van der Waals surface area contributed by atoms with Crippen LogP contribution in [0.15, 0.2) is 24.3 Å². The van der Waals surface area contributed by atoms with Gasteiger partial charge in [-0.3, -0.25) is 0 Å². The van der Waals surface area contributed by atoms with Gasteiger partial charge in [0.25, 0.3) is 0 Å². The van der Waals surface area contributed by atoms with Gasteiger partial charge in [0, 0.05) is 31.7 Å². The Hall–Kier alpha value is -1.06. The third kappa shape index (κ3) is 2.49. The average molecular weight is 207 g/mol. The maximum absolute atomic E-state index is 5.59.